The number of ether oxygens (including phenoxy) is 1. The van der Waals surface area contributed by atoms with Gasteiger partial charge in [0.15, 0.2) is 0 Å². The molecule has 0 N–H and O–H groups in total. The number of benzene rings is 2. The average molecular weight is 417 g/mol. The van der Waals surface area contributed by atoms with Crippen LogP contribution in [0.5, 0.6) is 5.75 Å². The van der Waals surface area contributed by atoms with Crippen molar-refractivity contribution < 1.29 is 17.9 Å². The molecule has 2 heterocycles. The molecule has 3 aromatic rings. The highest BCUT2D eigenvalue weighted by Gasteiger charge is 2.31. The van der Waals surface area contributed by atoms with Crippen LogP contribution in [0.25, 0.3) is 10.8 Å². The summed E-state index contributed by atoms with van der Waals surface area (Å²) >= 11 is 1.21. The minimum atomic E-state index is -3.48. The van der Waals surface area contributed by atoms with Crippen LogP contribution in [0.1, 0.15) is 10.4 Å². The summed E-state index contributed by atoms with van der Waals surface area (Å²) in [5.41, 5.74) is 0.496. The highest BCUT2D eigenvalue weighted by Crippen LogP contribution is 2.28. The maximum absolute atomic E-state index is 13.1. The number of sulfonamides is 1. The lowest BCUT2D eigenvalue weighted by Gasteiger charge is -2.34. The van der Waals surface area contributed by atoms with Gasteiger partial charge in [0, 0.05) is 26.2 Å². The highest BCUT2D eigenvalue weighted by atomic mass is 32.2. The first-order valence-electron chi connectivity index (χ1n) is 8.90. The Morgan fingerprint density at radius 3 is 2.29 bits per heavy atom. The zero-order valence-corrected chi connectivity index (χ0v) is 17.0. The molecule has 2 aromatic carbocycles. The van der Waals surface area contributed by atoms with Gasteiger partial charge in [-0.15, -0.1) is 11.3 Å². The number of carbonyl (C=O) groups is 1. The maximum Gasteiger partial charge on any atom is 0.257 e. The van der Waals surface area contributed by atoms with Crippen molar-refractivity contribution >= 4 is 38.0 Å². The normalized spacial score (nSPS) is 15.7. The number of nitrogens with zero attached hydrogens (tertiary/aromatic N) is 2. The standard InChI is InChI=1S/C20H20N2O4S2/c1-26-18-14-16-6-3-2-5-15(16)13-17(18)20(23)21-8-10-22(11-9-21)28(24,25)19-7-4-12-27-19/h2-7,12-14H,8-11H2,1H3. The van der Waals surface area contributed by atoms with E-state index < -0.39 is 10.0 Å². The third kappa shape index (κ3) is 3.39. The van der Waals surface area contributed by atoms with E-state index in [4.69, 9.17) is 4.74 Å². The van der Waals surface area contributed by atoms with Gasteiger partial charge in [-0.3, -0.25) is 4.79 Å². The topological polar surface area (TPSA) is 66.9 Å². The van der Waals surface area contributed by atoms with Crippen LogP contribution in [-0.2, 0) is 10.0 Å². The SMILES string of the molecule is COc1cc2ccccc2cc1C(=O)N1CCN(S(=O)(=O)c2cccs2)CC1. The quantitative estimate of drug-likeness (QED) is 0.656. The monoisotopic (exact) mass is 416 g/mol. The average Bonchev–Trinajstić information content (AvgIpc) is 3.28. The molecule has 0 radical (unpaired) electrons. The second kappa shape index (κ2) is 7.54. The van der Waals surface area contributed by atoms with Crippen molar-refractivity contribution in [2.24, 2.45) is 0 Å². The van der Waals surface area contributed by atoms with Crippen molar-refractivity contribution in [3.8, 4) is 5.75 Å². The van der Waals surface area contributed by atoms with E-state index in [1.54, 1.807) is 29.5 Å². The fraction of sp³-hybridized carbons (Fsp3) is 0.250. The van der Waals surface area contributed by atoms with Crippen LogP contribution in [-0.4, -0.2) is 56.8 Å². The van der Waals surface area contributed by atoms with Crippen LogP contribution in [0.4, 0.5) is 0 Å². The van der Waals surface area contributed by atoms with Gasteiger partial charge in [0.05, 0.1) is 12.7 Å². The van der Waals surface area contributed by atoms with Crippen molar-refractivity contribution in [1.29, 1.82) is 0 Å². The summed E-state index contributed by atoms with van der Waals surface area (Å²) in [7, 11) is -1.94. The van der Waals surface area contributed by atoms with Crippen molar-refractivity contribution in [3.05, 3.63) is 59.5 Å². The van der Waals surface area contributed by atoms with Gasteiger partial charge in [0.2, 0.25) is 0 Å². The molecule has 6 nitrogen and oxygen atoms in total. The van der Waals surface area contributed by atoms with Crippen LogP contribution < -0.4 is 4.74 Å². The fourth-order valence-electron chi connectivity index (χ4n) is 3.39. The molecule has 1 aliphatic rings. The Bertz CT molecular complexity index is 1100. The van der Waals surface area contributed by atoms with E-state index in [2.05, 4.69) is 0 Å². The Labute approximate surface area is 168 Å². The van der Waals surface area contributed by atoms with Gasteiger partial charge in [-0.2, -0.15) is 4.31 Å². The molecule has 146 valence electrons. The number of piperazine rings is 1. The van der Waals surface area contributed by atoms with Crippen molar-refractivity contribution in [3.63, 3.8) is 0 Å². The van der Waals surface area contributed by atoms with E-state index in [0.29, 0.717) is 28.6 Å². The van der Waals surface area contributed by atoms with Crippen LogP contribution >= 0.6 is 11.3 Å². The molecule has 1 saturated heterocycles. The first-order valence-corrected chi connectivity index (χ1v) is 11.2. The molecule has 1 aromatic heterocycles. The van der Waals surface area contributed by atoms with E-state index in [0.717, 1.165) is 10.8 Å². The smallest absolute Gasteiger partial charge is 0.257 e. The van der Waals surface area contributed by atoms with Gasteiger partial charge in [0.25, 0.3) is 15.9 Å². The molecule has 1 aliphatic heterocycles. The number of hydrogen-bond acceptors (Lipinski definition) is 5. The largest absolute Gasteiger partial charge is 0.496 e. The van der Waals surface area contributed by atoms with Gasteiger partial charge < -0.3 is 9.64 Å². The number of amides is 1. The molecule has 0 saturated carbocycles. The number of thiophene rings is 1. The Hall–Kier alpha value is -2.42. The van der Waals surface area contributed by atoms with Crippen molar-refractivity contribution in [2.75, 3.05) is 33.3 Å². The number of methoxy groups -OCH3 is 1. The molecule has 28 heavy (non-hydrogen) atoms. The summed E-state index contributed by atoms with van der Waals surface area (Å²) in [6.45, 7) is 1.25. The molecule has 0 spiro atoms. The molecule has 0 atom stereocenters. The molecule has 4 rings (SSSR count). The lowest BCUT2D eigenvalue weighted by atomic mass is 10.0. The number of carbonyl (C=O) groups excluding carboxylic acids is 1. The van der Waals surface area contributed by atoms with Crippen LogP contribution in [0.3, 0.4) is 0 Å². The number of hydrogen-bond donors (Lipinski definition) is 0. The molecule has 0 bridgehead atoms. The minimum absolute atomic E-state index is 0.143. The summed E-state index contributed by atoms with van der Waals surface area (Å²) in [6.07, 6.45) is 0. The Morgan fingerprint density at radius 2 is 1.68 bits per heavy atom. The zero-order valence-electron chi connectivity index (χ0n) is 15.4. The van der Waals surface area contributed by atoms with Crippen LogP contribution in [0, 0.1) is 0 Å². The van der Waals surface area contributed by atoms with Crippen LogP contribution in [0.15, 0.2) is 58.1 Å². The molecule has 0 unspecified atom stereocenters. The van der Waals surface area contributed by atoms with Gasteiger partial charge in [-0.25, -0.2) is 8.42 Å². The van der Waals surface area contributed by atoms with E-state index >= 15 is 0 Å². The molecule has 1 amide bonds. The molecule has 0 aliphatic carbocycles. The summed E-state index contributed by atoms with van der Waals surface area (Å²) in [5, 5.41) is 3.71. The second-order valence-electron chi connectivity index (χ2n) is 6.53. The lowest BCUT2D eigenvalue weighted by Crippen LogP contribution is -2.50. The van der Waals surface area contributed by atoms with Crippen LogP contribution in [0.2, 0.25) is 0 Å². The molecular weight excluding hydrogens is 396 g/mol. The van der Waals surface area contributed by atoms with Crippen molar-refractivity contribution in [2.45, 2.75) is 4.21 Å². The molecule has 8 heteroatoms. The van der Waals surface area contributed by atoms with Crippen molar-refractivity contribution in [1.82, 2.24) is 9.21 Å². The van der Waals surface area contributed by atoms with E-state index in [1.807, 2.05) is 36.4 Å². The summed E-state index contributed by atoms with van der Waals surface area (Å²) in [6, 6.07) is 14.8. The summed E-state index contributed by atoms with van der Waals surface area (Å²) in [5.74, 6) is 0.383. The van der Waals surface area contributed by atoms with Gasteiger partial charge >= 0.3 is 0 Å². The maximum atomic E-state index is 13.1. The summed E-state index contributed by atoms with van der Waals surface area (Å²) < 4.78 is 32.5. The third-order valence-electron chi connectivity index (χ3n) is 4.91. The predicted molar refractivity (Wildman–Crippen MR) is 109 cm³/mol. The predicted octanol–water partition coefficient (Wildman–Crippen LogP) is 3.06. The number of rotatable bonds is 4. The molecular formula is C20H20N2O4S2. The molecule has 1 fully saturated rings. The number of fused-ring (bicyclic) bond motifs is 1. The Balaban J connectivity index is 1.54. The Morgan fingerprint density at radius 1 is 1.00 bits per heavy atom. The van der Waals surface area contributed by atoms with Gasteiger partial charge in [0.1, 0.15) is 9.96 Å². The second-order valence-corrected chi connectivity index (χ2v) is 9.64. The summed E-state index contributed by atoms with van der Waals surface area (Å²) in [4.78, 5) is 14.8. The Kier molecular flexibility index (Phi) is 5.09. The highest BCUT2D eigenvalue weighted by molar-refractivity contribution is 7.91. The first kappa shape index (κ1) is 18.9. The zero-order chi connectivity index (χ0) is 19.7. The fourth-order valence-corrected chi connectivity index (χ4v) is 5.96. The third-order valence-corrected chi connectivity index (χ3v) is 8.18. The van der Waals surface area contributed by atoms with E-state index in [-0.39, 0.29) is 19.0 Å². The van der Waals surface area contributed by atoms with Gasteiger partial charge in [-0.1, -0.05) is 30.3 Å². The van der Waals surface area contributed by atoms with E-state index in [9.17, 15) is 13.2 Å². The van der Waals surface area contributed by atoms with E-state index in [1.165, 1.54) is 15.6 Å². The minimum Gasteiger partial charge on any atom is -0.496 e. The first-order chi connectivity index (χ1) is 13.5. The lowest BCUT2D eigenvalue weighted by molar-refractivity contribution is 0.0695. The van der Waals surface area contributed by atoms with Gasteiger partial charge in [-0.05, 0) is 34.4 Å².